The van der Waals surface area contributed by atoms with E-state index in [1.165, 1.54) is 27.3 Å². The van der Waals surface area contributed by atoms with Gasteiger partial charge in [0.1, 0.15) is 11.8 Å². The zero-order valence-electron chi connectivity index (χ0n) is 22.9. The van der Waals surface area contributed by atoms with E-state index in [0.717, 1.165) is 36.2 Å². The first kappa shape index (κ1) is 27.6. The van der Waals surface area contributed by atoms with Crippen molar-refractivity contribution in [3.8, 4) is 11.5 Å². The largest absolute Gasteiger partial charge is 0.504 e. The maximum atomic E-state index is 14.1. The molecular weight excluding hydrogens is 562 g/mol. The SMILES string of the molecule is CCOc1cc([C@@H]2c3sc(=O)n(CC(=O)N4CCCCC4)c3SC3C(=O)N(c4ccc(C)cc4)C(=O)C32)ccc1O. The van der Waals surface area contributed by atoms with Crippen LogP contribution in [0.25, 0.3) is 0 Å². The number of thiazole rings is 1. The Balaban J connectivity index is 1.45. The normalized spacial score (nSPS) is 22.0. The highest BCUT2D eigenvalue weighted by Gasteiger charge is 2.57. The van der Waals surface area contributed by atoms with E-state index in [-0.39, 0.29) is 40.6 Å². The molecule has 3 amide bonds. The number of aryl methyl sites for hydroxylation is 1. The minimum Gasteiger partial charge on any atom is -0.504 e. The van der Waals surface area contributed by atoms with Gasteiger partial charge in [-0.25, -0.2) is 4.90 Å². The Morgan fingerprint density at radius 1 is 1.02 bits per heavy atom. The summed E-state index contributed by atoms with van der Waals surface area (Å²) >= 11 is 2.22. The summed E-state index contributed by atoms with van der Waals surface area (Å²) in [6, 6.07) is 12.1. The number of hydrogen-bond acceptors (Lipinski definition) is 8. The van der Waals surface area contributed by atoms with Crippen LogP contribution in [0.2, 0.25) is 0 Å². The van der Waals surface area contributed by atoms with Crippen molar-refractivity contribution in [2.45, 2.75) is 55.8 Å². The molecule has 3 aromatic rings. The molecular formula is C30H31N3O6S2. The van der Waals surface area contributed by atoms with Crippen molar-refractivity contribution in [3.05, 3.63) is 68.1 Å². The highest BCUT2D eigenvalue weighted by molar-refractivity contribution is 8.00. The molecule has 2 fully saturated rings. The van der Waals surface area contributed by atoms with E-state index < -0.39 is 17.1 Å². The molecule has 3 aliphatic heterocycles. The quantitative estimate of drug-likeness (QED) is 0.428. The Labute approximate surface area is 245 Å². The predicted molar refractivity (Wildman–Crippen MR) is 157 cm³/mol. The van der Waals surface area contributed by atoms with Crippen LogP contribution in [0.4, 0.5) is 5.69 Å². The van der Waals surface area contributed by atoms with Crippen LogP contribution < -0.4 is 14.5 Å². The molecule has 6 rings (SSSR count). The first-order chi connectivity index (χ1) is 19.8. The molecule has 214 valence electrons. The number of phenols is 1. The minimum atomic E-state index is -0.781. The maximum absolute atomic E-state index is 14.1. The lowest BCUT2D eigenvalue weighted by Gasteiger charge is -2.31. The fourth-order valence-electron chi connectivity index (χ4n) is 5.94. The second-order valence-electron chi connectivity index (χ2n) is 10.6. The summed E-state index contributed by atoms with van der Waals surface area (Å²) in [7, 11) is 0. The number of piperidine rings is 1. The van der Waals surface area contributed by atoms with Gasteiger partial charge in [0.15, 0.2) is 11.5 Å². The van der Waals surface area contributed by atoms with Crippen molar-refractivity contribution < 1.29 is 24.2 Å². The smallest absolute Gasteiger partial charge is 0.308 e. The van der Waals surface area contributed by atoms with Gasteiger partial charge < -0.3 is 14.7 Å². The van der Waals surface area contributed by atoms with Crippen molar-refractivity contribution in [3.63, 3.8) is 0 Å². The topological polar surface area (TPSA) is 109 Å². The number of rotatable bonds is 6. The van der Waals surface area contributed by atoms with Gasteiger partial charge in [0, 0.05) is 23.9 Å². The van der Waals surface area contributed by atoms with E-state index in [4.69, 9.17) is 4.74 Å². The molecule has 0 bridgehead atoms. The van der Waals surface area contributed by atoms with Gasteiger partial charge in [-0.15, -0.1) is 0 Å². The second kappa shape index (κ2) is 11.0. The highest BCUT2D eigenvalue weighted by atomic mass is 32.2. The molecule has 9 nitrogen and oxygen atoms in total. The molecule has 2 aromatic carbocycles. The van der Waals surface area contributed by atoms with Crippen molar-refractivity contribution in [1.29, 1.82) is 0 Å². The number of carbonyl (C=O) groups excluding carboxylic acids is 3. The number of benzene rings is 2. The molecule has 1 aromatic heterocycles. The van der Waals surface area contributed by atoms with Gasteiger partial charge in [0.2, 0.25) is 17.7 Å². The number of imide groups is 1. The summed E-state index contributed by atoms with van der Waals surface area (Å²) in [5.41, 5.74) is 2.17. The molecule has 2 unspecified atom stereocenters. The molecule has 2 saturated heterocycles. The van der Waals surface area contributed by atoms with Crippen LogP contribution >= 0.6 is 23.1 Å². The number of thioether (sulfide) groups is 1. The number of fused-ring (bicyclic) bond motifs is 2. The Kier molecular flexibility index (Phi) is 7.41. The van der Waals surface area contributed by atoms with Crippen molar-refractivity contribution in [2.24, 2.45) is 5.92 Å². The number of phenolic OH excluding ortho intramolecular Hbond substituents is 1. The Morgan fingerprint density at radius 2 is 1.76 bits per heavy atom. The fraction of sp³-hybridized carbons (Fsp3) is 0.400. The third-order valence-electron chi connectivity index (χ3n) is 7.99. The molecule has 0 saturated carbocycles. The molecule has 0 radical (unpaired) electrons. The number of likely N-dealkylation sites (tertiary alicyclic amines) is 1. The van der Waals surface area contributed by atoms with Crippen LogP contribution in [0.3, 0.4) is 0 Å². The summed E-state index contributed by atoms with van der Waals surface area (Å²) in [6.07, 6.45) is 2.97. The maximum Gasteiger partial charge on any atom is 0.308 e. The monoisotopic (exact) mass is 593 g/mol. The van der Waals surface area contributed by atoms with Crippen LogP contribution in [0.15, 0.2) is 52.3 Å². The van der Waals surface area contributed by atoms with Crippen molar-refractivity contribution >= 4 is 46.5 Å². The molecule has 0 aliphatic carbocycles. The van der Waals surface area contributed by atoms with Gasteiger partial charge >= 0.3 is 4.87 Å². The summed E-state index contributed by atoms with van der Waals surface area (Å²) < 4.78 is 7.11. The van der Waals surface area contributed by atoms with Crippen molar-refractivity contribution in [2.75, 3.05) is 24.6 Å². The van der Waals surface area contributed by atoms with Crippen LogP contribution in [-0.2, 0) is 20.9 Å². The lowest BCUT2D eigenvalue weighted by molar-refractivity contribution is -0.133. The van der Waals surface area contributed by atoms with Crippen LogP contribution in [0.5, 0.6) is 11.5 Å². The number of carbonyl (C=O) groups is 3. The van der Waals surface area contributed by atoms with E-state index in [2.05, 4.69) is 0 Å². The van der Waals surface area contributed by atoms with Gasteiger partial charge in [0.25, 0.3) is 0 Å². The van der Waals surface area contributed by atoms with E-state index >= 15 is 0 Å². The van der Waals surface area contributed by atoms with E-state index in [9.17, 15) is 24.3 Å². The van der Waals surface area contributed by atoms with Gasteiger partial charge in [-0.1, -0.05) is 46.9 Å². The van der Waals surface area contributed by atoms with E-state index in [1.807, 2.05) is 19.1 Å². The first-order valence-electron chi connectivity index (χ1n) is 13.9. The molecule has 41 heavy (non-hydrogen) atoms. The van der Waals surface area contributed by atoms with E-state index in [0.29, 0.717) is 40.9 Å². The molecule has 3 aliphatic rings. The Morgan fingerprint density at radius 3 is 2.46 bits per heavy atom. The molecule has 4 heterocycles. The van der Waals surface area contributed by atoms with Crippen LogP contribution in [0.1, 0.15) is 48.1 Å². The summed E-state index contributed by atoms with van der Waals surface area (Å²) in [5.74, 6) is -1.98. The second-order valence-corrected chi connectivity index (χ2v) is 12.7. The molecule has 3 atom stereocenters. The number of anilines is 1. The summed E-state index contributed by atoms with van der Waals surface area (Å²) in [6.45, 7) is 5.31. The van der Waals surface area contributed by atoms with Crippen LogP contribution in [-0.4, -0.2) is 57.2 Å². The Hall–Kier alpha value is -3.57. The minimum absolute atomic E-state index is 0.0365. The number of aromatic nitrogens is 1. The van der Waals surface area contributed by atoms with Gasteiger partial charge in [-0.3, -0.25) is 23.7 Å². The lowest BCUT2D eigenvalue weighted by Crippen LogP contribution is -2.39. The molecule has 11 heteroatoms. The number of hydrogen-bond donors (Lipinski definition) is 1. The average Bonchev–Trinajstić information content (AvgIpc) is 3.41. The Bertz CT molecular complexity index is 1570. The van der Waals surface area contributed by atoms with Crippen molar-refractivity contribution in [1.82, 2.24) is 9.47 Å². The van der Waals surface area contributed by atoms with Gasteiger partial charge in [-0.2, -0.15) is 0 Å². The summed E-state index contributed by atoms with van der Waals surface area (Å²) in [4.78, 5) is 57.9. The standard InChI is InChI=1S/C30H31N3O6S2/c1-3-39-21-15-18(9-12-20(21)34)23-24-25(28(37)33(27(24)36)19-10-7-17(2)8-11-19)40-29-26(23)41-30(38)32(29)16-22(35)31-13-5-4-6-14-31/h7-12,15,23-25,34H,3-6,13-14,16H2,1-2H3/t23-,24?,25?/m0/s1. The zero-order chi connectivity index (χ0) is 28.8. The van der Waals surface area contributed by atoms with Gasteiger partial charge in [0.05, 0.1) is 23.2 Å². The third-order valence-corrected chi connectivity index (χ3v) is 10.6. The van der Waals surface area contributed by atoms with E-state index in [1.54, 1.807) is 36.1 Å². The highest BCUT2D eigenvalue weighted by Crippen LogP contribution is 2.54. The first-order valence-corrected chi connectivity index (χ1v) is 15.6. The number of aromatic hydroxyl groups is 1. The number of nitrogens with zero attached hydrogens (tertiary/aromatic N) is 3. The number of amides is 3. The predicted octanol–water partition coefficient (Wildman–Crippen LogP) is 4.13. The number of ether oxygens (including phenoxy) is 1. The zero-order valence-corrected chi connectivity index (χ0v) is 24.5. The third kappa shape index (κ3) is 4.84. The fourth-order valence-corrected chi connectivity index (χ4v) is 8.71. The lowest BCUT2D eigenvalue weighted by atomic mass is 9.83. The van der Waals surface area contributed by atoms with Crippen LogP contribution in [0, 0.1) is 12.8 Å². The molecule has 1 N–H and O–H groups in total. The summed E-state index contributed by atoms with van der Waals surface area (Å²) in [5, 5.41) is 10.1. The van der Waals surface area contributed by atoms with Gasteiger partial charge in [-0.05, 0) is 62.9 Å². The molecule has 0 spiro atoms. The average molecular weight is 594 g/mol.